The first-order valence-corrected chi connectivity index (χ1v) is 8.65. The fourth-order valence-electron chi connectivity index (χ4n) is 2.45. The second kappa shape index (κ2) is 5.58. The lowest BCUT2D eigenvalue weighted by atomic mass is 9.93. The molecule has 0 amide bonds. The summed E-state index contributed by atoms with van der Waals surface area (Å²) < 4.78 is 7.23. The minimum atomic E-state index is -0.434. The summed E-state index contributed by atoms with van der Waals surface area (Å²) in [5.41, 5.74) is 3.80. The van der Waals surface area contributed by atoms with Crippen LogP contribution in [0.5, 0.6) is 0 Å². The van der Waals surface area contributed by atoms with E-state index < -0.39 is 5.60 Å². The van der Waals surface area contributed by atoms with Gasteiger partial charge in [0.25, 0.3) is 0 Å². The lowest BCUT2D eigenvalue weighted by Gasteiger charge is -2.35. The molecular weight excluding hydrogens is 394 g/mol. The molecule has 2 aromatic carbocycles. The standard InChI is InChI=1S/C17H15Br2NO/c1-11-8-13-15(14(19)9-11)20-16(21-17(13,2)10-18)12-6-4-3-5-7-12/h3-9H,10H2,1-2H3. The van der Waals surface area contributed by atoms with Gasteiger partial charge in [0.15, 0.2) is 0 Å². The average Bonchev–Trinajstić information content (AvgIpc) is 2.49. The van der Waals surface area contributed by atoms with E-state index in [0.717, 1.165) is 21.3 Å². The molecule has 1 heterocycles. The molecule has 3 rings (SSSR count). The summed E-state index contributed by atoms with van der Waals surface area (Å²) in [5, 5.41) is 0.703. The Kier molecular flexibility index (Phi) is 3.93. The minimum absolute atomic E-state index is 0.434. The number of rotatable bonds is 2. The van der Waals surface area contributed by atoms with Gasteiger partial charge in [0.05, 0.1) is 5.69 Å². The smallest absolute Gasteiger partial charge is 0.222 e. The first-order valence-electron chi connectivity index (χ1n) is 6.73. The Labute approximate surface area is 141 Å². The zero-order chi connectivity index (χ0) is 15.0. The highest BCUT2D eigenvalue weighted by Crippen LogP contribution is 2.44. The fourth-order valence-corrected chi connectivity index (χ4v) is 3.53. The largest absolute Gasteiger partial charge is 0.465 e. The van der Waals surface area contributed by atoms with Gasteiger partial charge in [-0.15, -0.1) is 0 Å². The number of alkyl halides is 1. The molecular formula is C17H15Br2NO. The van der Waals surface area contributed by atoms with Gasteiger partial charge in [0, 0.05) is 20.9 Å². The predicted octanol–water partition coefficient (Wildman–Crippen LogP) is 5.48. The molecule has 0 saturated heterocycles. The molecule has 0 aromatic heterocycles. The van der Waals surface area contributed by atoms with E-state index in [1.807, 2.05) is 30.3 Å². The highest BCUT2D eigenvalue weighted by atomic mass is 79.9. The van der Waals surface area contributed by atoms with Crippen molar-refractivity contribution in [1.82, 2.24) is 0 Å². The molecule has 0 N–H and O–H groups in total. The lowest BCUT2D eigenvalue weighted by molar-refractivity contribution is 0.0978. The quantitative estimate of drug-likeness (QED) is 0.603. The molecule has 21 heavy (non-hydrogen) atoms. The van der Waals surface area contributed by atoms with Crippen molar-refractivity contribution in [3.05, 3.63) is 63.6 Å². The zero-order valence-corrected chi connectivity index (χ0v) is 15.0. The van der Waals surface area contributed by atoms with Crippen molar-refractivity contribution in [1.29, 1.82) is 0 Å². The number of aryl methyl sites for hydroxylation is 1. The molecule has 1 aliphatic rings. The van der Waals surface area contributed by atoms with E-state index >= 15 is 0 Å². The van der Waals surface area contributed by atoms with Crippen molar-refractivity contribution in [3.8, 4) is 0 Å². The molecule has 0 spiro atoms. The van der Waals surface area contributed by atoms with Crippen molar-refractivity contribution < 1.29 is 4.74 Å². The van der Waals surface area contributed by atoms with Crippen molar-refractivity contribution in [2.45, 2.75) is 19.4 Å². The molecule has 0 fully saturated rings. The van der Waals surface area contributed by atoms with Gasteiger partial charge < -0.3 is 4.74 Å². The molecule has 2 nitrogen and oxygen atoms in total. The number of fused-ring (bicyclic) bond motifs is 1. The van der Waals surface area contributed by atoms with Crippen LogP contribution in [-0.4, -0.2) is 11.2 Å². The Morgan fingerprint density at radius 2 is 1.90 bits per heavy atom. The van der Waals surface area contributed by atoms with E-state index in [2.05, 4.69) is 57.8 Å². The van der Waals surface area contributed by atoms with E-state index in [1.165, 1.54) is 5.56 Å². The fraction of sp³-hybridized carbons (Fsp3) is 0.235. The summed E-state index contributed by atoms with van der Waals surface area (Å²) in [6.45, 7) is 4.17. The van der Waals surface area contributed by atoms with Gasteiger partial charge in [-0.25, -0.2) is 4.99 Å². The molecule has 0 aliphatic carbocycles. The lowest BCUT2D eigenvalue weighted by Crippen LogP contribution is -2.34. The Bertz CT molecular complexity index is 712. The summed E-state index contributed by atoms with van der Waals surface area (Å²) >= 11 is 7.23. The second-order valence-corrected chi connectivity index (χ2v) is 6.81. The van der Waals surface area contributed by atoms with Gasteiger partial charge in [-0.05, 0) is 59.6 Å². The number of benzene rings is 2. The number of hydrogen-bond donors (Lipinski definition) is 0. The van der Waals surface area contributed by atoms with Gasteiger partial charge in [0.1, 0.15) is 5.60 Å². The normalized spacial score (nSPS) is 20.5. The number of nitrogens with zero attached hydrogens (tertiary/aromatic N) is 1. The van der Waals surface area contributed by atoms with Crippen molar-refractivity contribution in [2.24, 2.45) is 4.99 Å². The topological polar surface area (TPSA) is 21.6 Å². The van der Waals surface area contributed by atoms with Crippen LogP contribution >= 0.6 is 31.9 Å². The van der Waals surface area contributed by atoms with Gasteiger partial charge in [-0.3, -0.25) is 0 Å². The molecule has 2 aromatic rings. The van der Waals surface area contributed by atoms with E-state index in [-0.39, 0.29) is 0 Å². The summed E-state index contributed by atoms with van der Waals surface area (Å²) in [7, 11) is 0. The third kappa shape index (κ3) is 2.67. The van der Waals surface area contributed by atoms with Crippen LogP contribution in [0.1, 0.15) is 23.6 Å². The molecule has 0 saturated carbocycles. The van der Waals surface area contributed by atoms with Gasteiger partial charge in [0.2, 0.25) is 5.90 Å². The highest BCUT2D eigenvalue weighted by Gasteiger charge is 2.36. The molecule has 1 unspecified atom stereocenters. The molecule has 0 bridgehead atoms. The van der Waals surface area contributed by atoms with Crippen LogP contribution in [0.2, 0.25) is 0 Å². The molecule has 1 aliphatic heterocycles. The van der Waals surface area contributed by atoms with E-state index in [9.17, 15) is 0 Å². The van der Waals surface area contributed by atoms with Crippen molar-refractivity contribution in [3.63, 3.8) is 0 Å². The van der Waals surface area contributed by atoms with Crippen LogP contribution in [0.3, 0.4) is 0 Å². The third-order valence-electron chi connectivity index (χ3n) is 3.59. The second-order valence-electron chi connectivity index (χ2n) is 5.39. The Hall–Kier alpha value is -1.13. The van der Waals surface area contributed by atoms with Crippen LogP contribution < -0.4 is 0 Å². The Morgan fingerprint density at radius 1 is 1.19 bits per heavy atom. The summed E-state index contributed by atoms with van der Waals surface area (Å²) in [5.74, 6) is 0.662. The molecule has 4 heteroatoms. The van der Waals surface area contributed by atoms with Crippen LogP contribution in [-0.2, 0) is 10.3 Å². The van der Waals surface area contributed by atoms with Crippen molar-refractivity contribution in [2.75, 3.05) is 5.33 Å². The summed E-state index contributed by atoms with van der Waals surface area (Å²) in [6.07, 6.45) is 0. The number of aliphatic imine (C=N–C) groups is 1. The zero-order valence-electron chi connectivity index (χ0n) is 11.9. The molecule has 108 valence electrons. The Morgan fingerprint density at radius 3 is 2.57 bits per heavy atom. The van der Waals surface area contributed by atoms with E-state index in [1.54, 1.807) is 0 Å². The van der Waals surface area contributed by atoms with Crippen molar-refractivity contribution >= 4 is 43.4 Å². The number of halogens is 2. The van der Waals surface area contributed by atoms with Gasteiger partial charge >= 0.3 is 0 Å². The van der Waals surface area contributed by atoms with E-state index in [0.29, 0.717) is 11.2 Å². The maximum Gasteiger partial charge on any atom is 0.222 e. The van der Waals surface area contributed by atoms with E-state index in [4.69, 9.17) is 9.73 Å². The van der Waals surface area contributed by atoms with Crippen LogP contribution in [0, 0.1) is 6.92 Å². The number of hydrogen-bond acceptors (Lipinski definition) is 2. The van der Waals surface area contributed by atoms with Gasteiger partial charge in [-0.1, -0.05) is 34.1 Å². The maximum atomic E-state index is 6.23. The summed E-state index contributed by atoms with van der Waals surface area (Å²) in [4.78, 5) is 4.73. The average molecular weight is 409 g/mol. The minimum Gasteiger partial charge on any atom is -0.465 e. The van der Waals surface area contributed by atoms with Gasteiger partial charge in [-0.2, -0.15) is 0 Å². The van der Waals surface area contributed by atoms with Crippen LogP contribution in [0.25, 0.3) is 0 Å². The SMILES string of the molecule is Cc1cc(Br)c2c(c1)C(C)(CBr)OC(c1ccccc1)=N2. The Balaban J connectivity index is 2.22. The third-order valence-corrected chi connectivity index (χ3v) is 5.26. The number of ether oxygens (including phenoxy) is 1. The first kappa shape index (κ1) is 14.8. The molecule has 1 atom stereocenters. The first-order chi connectivity index (χ1) is 10.0. The van der Waals surface area contributed by atoms with Crippen LogP contribution in [0.15, 0.2) is 51.9 Å². The summed E-state index contributed by atoms with van der Waals surface area (Å²) in [6, 6.07) is 14.2. The van der Waals surface area contributed by atoms with Crippen LogP contribution in [0.4, 0.5) is 5.69 Å². The monoisotopic (exact) mass is 407 g/mol. The predicted molar refractivity (Wildman–Crippen MR) is 93.7 cm³/mol. The molecule has 0 radical (unpaired) electrons. The highest BCUT2D eigenvalue weighted by molar-refractivity contribution is 9.10. The maximum absolute atomic E-state index is 6.23.